The minimum atomic E-state index is 0.860. The number of hydrogen-bond donors (Lipinski definition) is 0. The Morgan fingerprint density at radius 3 is 2.26 bits per heavy atom. The van der Waals surface area contributed by atoms with E-state index in [1.165, 1.54) is 15.0 Å². The lowest BCUT2D eigenvalue weighted by molar-refractivity contribution is 1.23. The first-order valence-corrected chi connectivity index (χ1v) is 8.26. The van der Waals surface area contributed by atoms with Crippen LogP contribution in [-0.2, 0) is 0 Å². The molecule has 0 aliphatic rings. The van der Waals surface area contributed by atoms with Gasteiger partial charge in [0.25, 0.3) is 0 Å². The lowest BCUT2D eigenvalue weighted by Gasteiger charge is -2.01. The predicted molar refractivity (Wildman–Crippen MR) is 97.9 cm³/mol. The monoisotopic (exact) mass is 314 g/mol. The van der Waals surface area contributed by atoms with Gasteiger partial charge in [-0.1, -0.05) is 54.6 Å². The largest absolute Gasteiger partial charge is 0.151 e. The van der Waals surface area contributed by atoms with Crippen molar-refractivity contribution >= 4 is 32.8 Å². The van der Waals surface area contributed by atoms with E-state index in [2.05, 4.69) is 46.6 Å². The maximum absolute atomic E-state index is 4.45. The molecule has 0 saturated heterocycles. The zero-order valence-electron chi connectivity index (χ0n) is 12.4. The van der Waals surface area contributed by atoms with Crippen molar-refractivity contribution in [2.45, 2.75) is 0 Å². The molecule has 0 aliphatic carbocycles. The van der Waals surface area contributed by atoms with Crippen molar-refractivity contribution in [3.8, 4) is 10.4 Å². The van der Waals surface area contributed by atoms with E-state index in [0.717, 1.165) is 16.9 Å². The van der Waals surface area contributed by atoms with Crippen molar-refractivity contribution in [3.63, 3.8) is 0 Å². The smallest absolute Gasteiger partial charge is 0.0943 e. The summed E-state index contributed by atoms with van der Waals surface area (Å²) in [7, 11) is 0. The van der Waals surface area contributed by atoms with Crippen LogP contribution in [0.25, 0.3) is 20.5 Å². The first-order valence-electron chi connectivity index (χ1n) is 7.45. The minimum Gasteiger partial charge on any atom is -0.151 e. The third-order valence-electron chi connectivity index (χ3n) is 3.62. The maximum atomic E-state index is 4.45. The lowest BCUT2D eigenvalue weighted by Crippen LogP contribution is -1.73. The van der Waals surface area contributed by atoms with Gasteiger partial charge in [-0.05, 0) is 35.7 Å². The standard InChI is InChI=1S/C20H14N2S/c1-2-9-16(10-3-1)21-22-18-12-6-5-11-17(18)20-14-15-8-4-7-13-19(15)23-20/h1-14H. The number of azo groups is 1. The fourth-order valence-electron chi connectivity index (χ4n) is 2.49. The van der Waals surface area contributed by atoms with Crippen LogP contribution >= 0.6 is 11.3 Å². The van der Waals surface area contributed by atoms with Gasteiger partial charge in [0.15, 0.2) is 0 Å². The summed E-state index contributed by atoms with van der Waals surface area (Å²) in [5.41, 5.74) is 2.87. The molecule has 1 aromatic heterocycles. The van der Waals surface area contributed by atoms with Crippen molar-refractivity contribution < 1.29 is 0 Å². The van der Waals surface area contributed by atoms with E-state index < -0.39 is 0 Å². The Morgan fingerprint density at radius 2 is 1.39 bits per heavy atom. The van der Waals surface area contributed by atoms with Crippen molar-refractivity contribution in [1.82, 2.24) is 0 Å². The first-order chi connectivity index (χ1) is 11.4. The fraction of sp³-hybridized carbons (Fsp3) is 0. The third kappa shape index (κ3) is 2.91. The van der Waals surface area contributed by atoms with Gasteiger partial charge in [-0.25, -0.2) is 0 Å². The van der Waals surface area contributed by atoms with Gasteiger partial charge in [-0.3, -0.25) is 0 Å². The average molecular weight is 314 g/mol. The molecule has 0 amide bonds. The molecule has 3 aromatic carbocycles. The molecule has 4 rings (SSSR count). The molecule has 3 heteroatoms. The molecular formula is C20H14N2S. The van der Waals surface area contributed by atoms with Gasteiger partial charge in [-0.2, -0.15) is 5.11 Å². The summed E-state index contributed by atoms with van der Waals surface area (Å²) < 4.78 is 1.29. The SMILES string of the molecule is c1ccc(N=Nc2ccccc2-c2cc3ccccc3s2)cc1. The highest BCUT2D eigenvalue weighted by molar-refractivity contribution is 7.22. The molecule has 110 valence electrons. The first kappa shape index (κ1) is 13.9. The van der Waals surface area contributed by atoms with Crippen LogP contribution in [0.15, 0.2) is 95.2 Å². The highest BCUT2D eigenvalue weighted by atomic mass is 32.1. The molecule has 0 bridgehead atoms. The normalized spacial score (nSPS) is 11.3. The Hall–Kier alpha value is -2.78. The summed E-state index contributed by atoms with van der Waals surface area (Å²) in [6.45, 7) is 0. The fourth-order valence-corrected chi connectivity index (χ4v) is 3.59. The molecule has 0 spiro atoms. The van der Waals surface area contributed by atoms with Crippen LogP contribution in [0.4, 0.5) is 11.4 Å². The Labute approximate surface area is 138 Å². The summed E-state index contributed by atoms with van der Waals surface area (Å²) >= 11 is 1.78. The maximum Gasteiger partial charge on any atom is 0.0943 e. The molecule has 0 fully saturated rings. The van der Waals surface area contributed by atoms with E-state index in [0.29, 0.717) is 0 Å². The van der Waals surface area contributed by atoms with Crippen LogP contribution in [0.3, 0.4) is 0 Å². The molecule has 0 saturated carbocycles. The molecule has 1 heterocycles. The van der Waals surface area contributed by atoms with Gasteiger partial charge >= 0.3 is 0 Å². The zero-order valence-corrected chi connectivity index (χ0v) is 13.2. The highest BCUT2D eigenvalue weighted by Gasteiger charge is 2.08. The molecule has 0 aliphatic heterocycles. The van der Waals surface area contributed by atoms with E-state index in [4.69, 9.17) is 0 Å². The van der Waals surface area contributed by atoms with Gasteiger partial charge < -0.3 is 0 Å². The van der Waals surface area contributed by atoms with Crippen molar-refractivity contribution in [2.24, 2.45) is 10.2 Å². The number of hydrogen-bond acceptors (Lipinski definition) is 3. The Balaban J connectivity index is 1.76. The minimum absolute atomic E-state index is 0.860. The van der Waals surface area contributed by atoms with Gasteiger partial charge in [0.1, 0.15) is 0 Å². The summed E-state index contributed by atoms with van der Waals surface area (Å²) in [4.78, 5) is 1.22. The number of fused-ring (bicyclic) bond motifs is 1. The number of rotatable bonds is 3. The highest BCUT2D eigenvalue weighted by Crippen LogP contribution is 2.38. The quantitative estimate of drug-likeness (QED) is 0.364. The van der Waals surface area contributed by atoms with E-state index in [-0.39, 0.29) is 0 Å². The summed E-state index contributed by atoms with van der Waals surface area (Å²) in [6.07, 6.45) is 0. The topological polar surface area (TPSA) is 24.7 Å². The number of nitrogens with zero attached hydrogens (tertiary/aromatic N) is 2. The van der Waals surface area contributed by atoms with E-state index >= 15 is 0 Å². The van der Waals surface area contributed by atoms with Crippen LogP contribution in [0.1, 0.15) is 0 Å². The number of benzene rings is 3. The average Bonchev–Trinajstić information content (AvgIpc) is 3.05. The summed E-state index contributed by atoms with van der Waals surface area (Å²) in [5, 5.41) is 10.1. The molecule has 0 unspecified atom stereocenters. The second-order valence-electron chi connectivity index (χ2n) is 5.20. The Bertz CT molecular complexity index is 938. The van der Waals surface area contributed by atoms with Crippen LogP contribution in [-0.4, -0.2) is 0 Å². The molecule has 4 aromatic rings. The van der Waals surface area contributed by atoms with E-state index in [1.807, 2.05) is 48.5 Å². The van der Waals surface area contributed by atoms with Crippen molar-refractivity contribution in [2.75, 3.05) is 0 Å². The van der Waals surface area contributed by atoms with Gasteiger partial charge in [0, 0.05) is 15.1 Å². The lowest BCUT2D eigenvalue weighted by atomic mass is 10.1. The summed E-state index contributed by atoms with van der Waals surface area (Å²) in [6, 6.07) is 28.6. The molecule has 2 nitrogen and oxygen atoms in total. The Kier molecular flexibility index (Phi) is 3.70. The van der Waals surface area contributed by atoms with Crippen molar-refractivity contribution in [3.05, 3.63) is 84.9 Å². The van der Waals surface area contributed by atoms with E-state index in [9.17, 15) is 0 Å². The van der Waals surface area contributed by atoms with Crippen LogP contribution < -0.4 is 0 Å². The third-order valence-corrected chi connectivity index (χ3v) is 4.77. The van der Waals surface area contributed by atoms with Crippen LogP contribution in [0, 0.1) is 0 Å². The predicted octanol–water partition coefficient (Wildman–Crippen LogP) is 6.98. The molecular weight excluding hydrogens is 300 g/mol. The van der Waals surface area contributed by atoms with Crippen molar-refractivity contribution in [1.29, 1.82) is 0 Å². The molecule has 0 radical (unpaired) electrons. The van der Waals surface area contributed by atoms with Gasteiger partial charge in [-0.15, -0.1) is 16.5 Å². The second-order valence-corrected chi connectivity index (χ2v) is 6.28. The zero-order chi connectivity index (χ0) is 15.5. The van der Waals surface area contributed by atoms with Gasteiger partial charge in [0.2, 0.25) is 0 Å². The van der Waals surface area contributed by atoms with Crippen LogP contribution in [0.2, 0.25) is 0 Å². The Morgan fingerprint density at radius 1 is 0.652 bits per heavy atom. The van der Waals surface area contributed by atoms with Crippen LogP contribution in [0.5, 0.6) is 0 Å². The second kappa shape index (κ2) is 6.15. The molecule has 23 heavy (non-hydrogen) atoms. The molecule has 0 N–H and O–H groups in total. The number of thiophene rings is 1. The van der Waals surface area contributed by atoms with E-state index in [1.54, 1.807) is 11.3 Å². The van der Waals surface area contributed by atoms with Gasteiger partial charge in [0.05, 0.1) is 11.4 Å². The molecule has 0 atom stereocenters. The summed E-state index contributed by atoms with van der Waals surface area (Å²) in [5.74, 6) is 0.